The average molecular weight is 325 g/mol. The third-order valence-corrected chi connectivity index (χ3v) is 4.88. The molecule has 0 aliphatic rings. The summed E-state index contributed by atoms with van der Waals surface area (Å²) in [6.07, 6.45) is 0.196. The van der Waals surface area contributed by atoms with Crippen molar-refractivity contribution in [1.82, 2.24) is 4.98 Å². The number of carbonyl (C=O) groups is 1. The SMILES string of the molecule is N#Cc1ccccc1NC(=O)Cc1csc(-c2cccs2)n1. The summed E-state index contributed by atoms with van der Waals surface area (Å²) in [4.78, 5) is 17.7. The Kier molecular flexibility index (Phi) is 4.28. The molecule has 0 saturated carbocycles. The van der Waals surface area contributed by atoms with E-state index < -0.39 is 0 Å². The predicted molar refractivity (Wildman–Crippen MR) is 88.9 cm³/mol. The molecule has 3 aromatic rings. The smallest absolute Gasteiger partial charge is 0.230 e. The van der Waals surface area contributed by atoms with Gasteiger partial charge in [0.2, 0.25) is 5.91 Å². The molecular formula is C16H11N3OS2. The van der Waals surface area contributed by atoms with Crippen molar-refractivity contribution in [2.75, 3.05) is 5.32 Å². The van der Waals surface area contributed by atoms with Gasteiger partial charge in [0.1, 0.15) is 11.1 Å². The van der Waals surface area contributed by atoms with Gasteiger partial charge in [0.15, 0.2) is 0 Å². The van der Waals surface area contributed by atoms with Crippen LogP contribution in [0.1, 0.15) is 11.3 Å². The van der Waals surface area contributed by atoms with Crippen LogP contribution in [0.5, 0.6) is 0 Å². The Morgan fingerprint density at radius 1 is 1.23 bits per heavy atom. The summed E-state index contributed by atoms with van der Waals surface area (Å²) >= 11 is 3.16. The molecular weight excluding hydrogens is 314 g/mol. The highest BCUT2D eigenvalue weighted by molar-refractivity contribution is 7.20. The standard InChI is InChI=1S/C16H11N3OS2/c17-9-11-4-1-2-5-13(11)19-15(20)8-12-10-22-16(18-12)14-6-3-7-21-14/h1-7,10H,8H2,(H,19,20). The van der Waals surface area contributed by atoms with E-state index in [1.54, 1.807) is 35.6 Å². The van der Waals surface area contributed by atoms with Gasteiger partial charge in [-0.2, -0.15) is 5.26 Å². The van der Waals surface area contributed by atoms with Gasteiger partial charge in [0.05, 0.1) is 28.2 Å². The highest BCUT2D eigenvalue weighted by Gasteiger charge is 2.11. The molecule has 0 unspecified atom stereocenters. The Labute approximate surface area is 135 Å². The van der Waals surface area contributed by atoms with Gasteiger partial charge in [-0.15, -0.1) is 22.7 Å². The van der Waals surface area contributed by atoms with Gasteiger partial charge >= 0.3 is 0 Å². The largest absolute Gasteiger partial charge is 0.325 e. The Morgan fingerprint density at radius 2 is 2.09 bits per heavy atom. The Hall–Kier alpha value is -2.49. The Morgan fingerprint density at radius 3 is 2.86 bits per heavy atom. The van der Waals surface area contributed by atoms with Crippen LogP contribution in [0.15, 0.2) is 47.2 Å². The first kappa shape index (κ1) is 14.4. The molecule has 22 heavy (non-hydrogen) atoms. The number of hydrogen-bond donors (Lipinski definition) is 1. The molecule has 1 aromatic carbocycles. The third kappa shape index (κ3) is 3.22. The fourth-order valence-electron chi connectivity index (χ4n) is 1.95. The normalized spacial score (nSPS) is 10.1. The number of aromatic nitrogens is 1. The first-order valence-corrected chi connectivity index (χ1v) is 8.29. The molecule has 0 radical (unpaired) electrons. The van der Waals surface area contributed by atoms with Crippen molar-refractivity contribution in [3.8, 4) is 16.0 Å². The van der Waals surface area contributed by atoms with Crippen molar-refractivity contribution < 1.29 is 4.79 Å². The van der Waals surface area contributed by atoms with Crippen LogP contribution in [0, 0.1) is 11.3 Å². The lowest BCUT2D eigenvalue weighted by atomic mass is 10.2. The molecule has 0 spiro atoms. The molecule has 0 fully saturated rings. The number of nitriles is 1. The van der Waals surface area contributed by atoms with Gasteiger partial charge in [-0.05, 0) is 23.6 Å². The number of hydrogen-bond acceptors (Lipinski definition) is 5. The number of para-hydroxylation sites is 1. The maximum Gasteiger partial charge on any atom is 0.230 e. The number of carbonyl (C=O) groups excluding carboxylic acids is 1. The van der Waals surface area contributed by atoms with E-state index in [2.05, 4.69) is 16.4 Å². The van der Waals surface area contributed by atoms with Crippen molar-refractivity contribution in [1.29, 1.82) is 5.26 Å². The summed E-state index contributed by atoms with van der Waals surface area (Å²) < 4.78 is 0. The summed E-state index contributed by atoms with van der Waals surface area (Å²) in [7, 11) is 0. The molecule has 4 nitrogen and oxygen atoms in total. The van der Waals surface area contributed by atoms with Crippen LogP contribution in [0.3, 0.4) is 0 Å². The number of amides is 1. The predicted octanol–water partition coefficient (Wildman–Crippen LogP) is 3.92. The molecule has 0 bridgehead atoms. The molecule has 0 saturated heterocycles. The van der Waals surface area contributed by atoms with E-state index in [4.69, 9.17) is 5.26 Å². The van der Waals surface area contributed by atoms with E-state index >= 15 is 0 Å². The molecule has 3 rings (SSSR count). The zero-order valence-electron chi connectivity index (χ0n) is 11.4. The number of benzene rings is 1. The second-order valence-corrected chi connectivity index (χ2v) is 6.31. The monoisotopic (exact) mass is 325 g/mol. The maximum atomic E-state index is 12.1. The lowest BCUT2D eigenvalue weighted by Crippen LogP contribution is -2.15. The molecule has 6 heteroatoms. The second kappa shape index (κ2) is 6.52. The summed E-state index contributed by atoms with van der Waals surface area (Å²) in [6, 6.07) is 13.0. The minimum Gasteiger partial charge on any atom is -0.325 e. The fraction of sp³-hybridized carbons (Fsp3) is 0.0625. The summed E-state index contributed by atoms with van der Waals surface area (Å²) in [5, 5.41) is 16.6. The molecule has 1 amide bonds. The second-order valence-electron chi connectivity index (χ2n) is 4.50. The molecule has 1 N–H and O–H groups in total. The molecule has 2 aromatic heterocycles. The topological polar surface area (TPSA) is 65.8 Å². The lowest BCUT2D eigenvalue weighted by Gasteiger charge is -2.05. The van der Waals surface area contributed by atoms with E-state index in [-0.39, 0.29) is 12.3 Å². The van der Waals surface area contributed by atoms with Gasteiger partial charge in [-0.1, -0.05) is 18.2 Å². The van der Waals surface area contributed by atoms with E-state index in [0.717, 1.165) is 15.6 Å². The molecule has 0 aliphatic heterocycles. The van der Waals surface area contributed by atoms with E-state index in [1.165, 1.54) is 11.3 Å². The van der Waals surface area contributed by atoms with Crippen molar-refractivity contribution in [3.05, 3.63) is 58.4 Å². The number of rotatable bonds is 4. The van der Waals surface area contributed by atoms with Crippen LogP contribution in [0.2, 0.25) is 0 Å². The summed E-state index contributed by atoms with van der Waals surface area (Å²) in [5.74, 6) is -0.175. The lowest BCUT2D eigenvalue weighted by molar-refractivity contribution is -0.115. The zero-order valence-corrected chi connectivity index (χ0v) is 13.1. The summed E-state index contributed by atoms with van der Waals surface area (Å²) in [6.45, 7) is 0. The van der Waals surface area contributed by atoms with E-state index in [0.29, 0.717) is 11.3 Å². The first-order valence-electron chi connectivity index (χ1n) is 6.53. The highest BCUT2D eigenvalue weighted by atomic mass is 32.1. The number of nitrogens with one attached hydrogen (secondary N) is 1. The van der Waals surface area contributed by atoms with Gasteiger partial charge in [0.25, 0.3) is 0 Å². The van der Waals surface area contributed by atoms with Crippen LogP contribution in [-0.2, 0) is 11.2 Å². The van der Waals surface area contributed by atoms with E-state index in [9.17, 15) is 4.79 Å². The zero-order chi connectivity index (χ0) is 15.4. The Bertz CT molecular complexity index is 831. The van der Waals surface area contributed by atoms with Crippen LogP contribution < -0.4 is 5.32 Å². The highest BCUT2D eigenvalue weighted by Crippen LogP contribution is 2.28. The number of thiophene rings is 1. The van der Waals surface area contributed by atoms with Gasteiger partial charge in [-0.25, -0.2) is 4.98 Å². The van der Waals surface area contributed by atoms with Crippen molar-refractivity contribution in [2.45, 2.75) is 6.42 Å². The van der Waals surface area contributed by atoms with Crippen molar-refractivity contribution in [3.63, 3.8) is 0 Å². The third-order valence-electron chi connectivity index (χ3n) is 2.95. The number of thiazole rings is 1. The van der Waals surface area contributed by atoms with Crippen LogP contribution in [0.25, 0.3) is 9.88 Å². The maximum absolute atomic E-state index is 12.1. The quantitative estimate of drug-likeness (QED) is 0.790. The minimum absolute atomic E-state index is 0.175. The average Bonchev–Trinajstić information content (AvgIpc) is 3.18. The van der Waals surface area contributed by atoms with Crippen LogP contribution >= 0.6 is 22.7 Å². The fourth-order valence-corrected chi connectivity index (χ4v) is 3.58. The Balaban J connectivity index is 1.69. The van der Waals surface area contributed by atoms with Crippen LogP contribution in [0.4, 0.5) is 5.69 Å². The van der Waals surface area contributed by atoms with Crippen molar-refractivity contribution >= 4 is 34.3 Å². The molecule has 0 aliphatic carbocycles. The first-order chi connectivity index (χ1) is 10.8. The van der Waals surface area contributed by atoms with Gasteiger partial charge in [0, 0.05) is 5.38 Å². The van der Waals surface area contributed by atoms with E-state index in [1.807, 2.05) is 22.9 Å². The number of nitrogens with zero attached hydrogens (tertiary/aromatic N) is 2. The number of anilines is 1. The minimum atomic E-state index is -0.175. The summed E-state index contributed by atoms with van der Waals surface area (Å²) in [5.41, 5.74) is 1.72. The van der Waals surface area contributed by atoms with Gasteiger partial charge < -0.3 is 5.32 Å². The molecule has 2 heterocycles. The van der Waals surface area contributed by atoms with Crippen LogP contribution in [-0.4, -0.2) is 10.9 Å². The molecule has 0 atom stereocenters. The van der Waals surface area contributed by atoms with Crippen molar-refractivity contribution in [2.24, 2.45) is 0 Å². The van der Waals surface area contributed by atoms with Gasteiger partial charge in [-0.3, -0.25) is 4.79 Å². The molecule has 108 valence electrons.